The zero-order chi connectivity index (χ0) is 17.1. The molecule has 1 fully saturated rings. The minimum Gasteiger partial charge on any atom is -0.426 e. The number of ether oxygens (including phenoxy) is 1. The molecule has 6 heteroatoms. The van der Waals surface area contributed by atoms with Gasteiger partial charge in [-0.3, -0.25) is 5.21 Å². The van der Waals surface area contributed by atoms with Gasteiger partial charge in [0.05, 0.1) is 0 Å². The second-order valence-corrected chi connectivity index (χ2v) is 5.69. The van der Waals surface area contributed by atoms with Crippen LogP contribution in [0.4, 0.5) is 4.79 Å². The molecule has 24 heavy (non-hydrogen) atoms. The Morgan fingerprint density at radius 1 is 1.33 bits per heavy atom. The fraction of sp³-hybridized carbons (Fsp3) is 0.278. The normalized spacial score (nSPS) is 14.4. The maximum Gasteiger partial charge on any atom is 0.339 e. The van der Waals surface area contributed by atoms with Crippen molar-refractivity contribution in [3.8, 4) is 23.5 Å². The van der Waals surface area contributed by atoms with Crippen molar-refractivity contribution in [1.29, 1.82) is 0 Å². The third-order valence-corrected chi connectivity index (χ3v) is 3.73. The van der Waals surface area contributed by atoms with Gasteiger partial charge in [0.1, 0.15) is 11.8 Å². The minimum absolute atomic E-state index is 0.321. The molecule has 0 radical (unpaired) electrons. The summed E-state index contributed by atoms with van der Waals surface area (Å²) in [5.74, 6) is 7.46. The van der Waals surface area contributed by atoms with Crippen molar-refractivity contribution in [2.24, 2.45) is 5.73 Å². The molecule has 124 valence electrons. The number of benzene rings is 1. The van der Waals surface area contributed by atoms with Crippen LogP contribution >= 0.6 is 0 Å². The maximum atomic E-state index is 10.8. The lowest BCUT2D eigenvalue weighted by atomic mass is 10.1. The van der Waals surface area contributed by atoms with Gasteiger partial charge < -0.3 is 14.9 Å². The largest absolute Gasteiger partial charge is 0.426 e. The van der Waals surface area contributed by atoms with E-state index in [1.807, 2.05) is 12.1 Å². The van der Waals surface area contributed by atoms with Crippen LogP contribution < -0.4 is 10.5 Å². The number of nitrogens with zero attached hydrogens (tertiary/aromatic N) is 1. The molecule has 0 bridgehead atoms. The Bertz CT molecular complexity index is 781. The molecule has 1 heterocycles. The molecule has 0 aliphatic heterocycles. The summed E-state index contributed by atoms with van der Waals surface area (Å²) >= 11 is 0. The molecule has 1 aliphatic rings. The van der Waals surface area contributed by atoms with E-state index < -0.39 is 12.1 Å². The molecule has 2 aromatic rings. The number of amides is 2. The van der Waals surface area contributed by atoms with Gasteiger partial charge in [-0.25, -0.2) is 4.79 Å². The quantitative estimate of drug-likeness (QED) is 0.511. The minimum atomic E-state index is -0.963. The summed E-state index contributed by atoms with van der Waals surface area (Å²) in [7, 11) is 0. The Morgan fingerprint density at radius 2 is 2.04 bits per heavy atom. The van der Waals surface area contributed by atoms with Gasteiger partial charge in [-0.05, 0) is 55.4 Å². The van der Waals surface area contributed by atoms with Crippen LogP contribution in [0, 0.1) is 11.8 Å². The highest BCUT2D eigenvalue weighted by atomic mass is 16.6. The molecule has 3 rings (SSSR count). The Balaban J connectivity index is 1.62. The van der Waals surface area contributed by atoms with Gasteiger partial charge in [-0.2, -0.15) is 5.06 Å². The molecular weight excluding hydrogens is 308 g/mol. The summed E-state index contributed by atoms with van der Waals surface area (Å²) < 4.78 is 11.1. The average molecular weight is 326 g/mol. The fourth-order valence-electron chi connectivity index (χ4n) is 2.21. The van der Waals surface area contributed by atoms with Gasteiger partial charge in [-0.1, -0.05) is 18.1 Å². The Labute approximate surface area is 139 Å². The lowest BCUT2D eigenvalue weighted by Crippen LogP contribution is -2.38. The van der Waals surface area contributed by atoms with Gasteiger partial charge in [0.25, 0.3) is 5.95 Å². The van der Waals surface area contributed by atoms with Gasteiger partial charge in [0, 0.05) is 6.07 Å². The van der Waals surface area contributed by atoms with Crippen LogP contribution in [-0.4, -0.2) is 22.3 Å². The van der Waals surface area contributed by atoms with E-state index in [4.69, 9.17) is 14.9 Å². The third-order valence-electron chi connectivity index (χ3n) is 3.73. The molecule has 0 saturated heterocycles. The van der Waals surface area contributed by atoms with Crippen molar-refractivity contribution in [3.63, 3.8) is 0 Å². The van der Waals surface area contributed by atoms with Crippen molar-refractivity contribution in [1.82, 2.24) is 5.06 Å². The summed E-state index contributed by atoms with van der Waals surface area (Å²) in [4.78, 5) is 10.8. The summed E-state index contributed by atoms with van der Waals surface area (Å²) in [6.07, 6.45) is 2.53. The van der Waals surface area contributed by atoms with E-state index in [2.05, 4.69) is 24.0 Å². The lowest BCUT2D eigenvalue weighted by Gasteiger charge is -2.14. The van der Waals surface area contributed by atoms with Crippen molar-refractivity contribution >= 4 is 6.03 Å². The number of primary amides is 1. The van der Waals surface area contributed by atoms with Gasteiger partial charge in [-0.15, -0.1) is 0 Å². The molecule has 1 atom stereocenters. The van der Waals surface area contributed by atoms with Crippen LogP contribution in [0.1, 0.15) is 37.0 Å². The van der Waals surface area contributed by atoms with Gasteiger partial charge in [0.2, 0.25) is 0 Å². The van der Waals surface area contributed by atoms with Gasteiger partial charge in [0.15, 0.2) is 5.76 Å². The number of rotatable bonds is 4. The summed E-state index contributed by atoms with van der Waals surface area (Å²) in [6.45, 7) is 1.54. The summed E-state index contributed by atoms with van der Waals surface area (Å²) in [5, 5.41) is 9.70. The van der Waals surface area contributed by atoms with Crippen molar-refractivity contribution in [2.45, 2.75) is 31.7 Å². The number of carbonyl (C=O) groups is 1. The SMILES string of the molecule is CC(C#Cc1ccc(Oc2ccc(C3CC3)cc2)o1)N(O)C(N)=O. The maximum absolute atomic E-state index is 10.8. The first-order valence-electron chi connectivity index (χ1n) is 7.69. The number of carbonyl (C=O) groups excluding carboxylic acids is 1. The van der Waals surface area contributed by atoms with E-state index in [1.165, 1.54) is 18.4 Å². The molecule has 6 nitrogen and oxygen atoms in total. The molecule has 1 aromatic heterocycles. The Hall–Kier alpha value is -2.91. The first-order valence-corrected chi connectivity index (χ1v) is 7.69. The standard InChI is InChI=1S/C18H18N2O4/c1-12(20(22)18(19)21)2-7-15-10-11-17(23-15)24-16-8-5-14(6-9-16)13-3-4-13/h5-6,8-13,22H,3-4H2,1H3,(H2,19,21). The number of hydrogen-bond acceptors (Lipinski definition) is 4. The highest BCUT2D eigenvalue weighted by Gasteiger charge is 2.23. The molecule has 1 unspecified atom stereocenters. The second-order valence-electron chi connectivity index (χ2n) is 5.69. The Kier molecular flexibility index (Phi) is 4.45. The highest BCUT2D eigenvalue weighted by Crippen LogP contribution is 2.40. The van der Waals surface area contributed by atoms with Crippen LogP contribution in [0.25, 0.3) is 0 Å². The van der Waals surface area contributed by atoms with Crippen LogP contribution in [0.15, 0.2) is 40.8 Å². The monoisotopic (exact) mass is 326 g/mol. The number of furan rings is 1. The average Bonchev–Trinajstić information content (AvgIpc) is 3.33. The molecule has 2 amide bonds. The summed E-state index contributed by atoms with van der Waals surface area (Å²) in [5.41, 5.74) is 6.29. The van der Waals surface area contributed by atoms with E-state index in [9.17, 15) is 10.0 Å². The van der Waals surface area contributed by atoms with Crippen LogP contribution in [0.5, 0.6) is 11.7 Å². The smallest absolute Gasteiger partial charge is 0.339 e. The molecular formula is C18H18N2O4. The van der Waals surface area contributed by atoms with E-state index >= 15 is 0 Å². The van der Waals surface area contributed by atoms with Crippen molar-refractivity contribution in [2.75, 3.05) is 0 Å². The topological polar surface area (TPSA) is 88.9 Å². The Morgan fingerprint density at radius 3 is 2.67 bits per heavy atom. The number of nitrogens with two attached hydrogens (primary N) is 1. The number of hydrogen-bond donors (Lipinski definition) is 2. The third kappa shape index (κ3) is 3.89. The lowest BCUT2D eigenvalue weighted by molar-refractivity contribution is -0.0536. The van der Waals surface area contributed by atoms with Crippen LogP contribution in [0.3, 0.4) is 0 Å². The van der Waals surface area contributed by atoms with Crippen molar-refractivity contribution in [3.05, 3.63) is 47.7 Å². The predicted octanol–water partition coefficient (Wildman–Crippen LogP) is 3.46. The predicted molar refractivity (Wildman–Crippen MR) is 86.7 cm³/mol. The van der Waals surface area contributed by atoms with E-state index in [0.29, 0.717) is 28.4 Å². The van der Waals surface area contributed by atoms with E-state index in [1.54, 1.807) is 19.1 Å². The van der Waals surface area contributed by atoms with E-state index in [-0.39, 0.29) is 0 Å². The summed E-state index contributed by atoms with van der Waals surface area (Å²) in [6, 6.07) is 9.58. The molecule has 1 saturated carbocycles. The zero-order valence-electron chi connectivity index (χ0n) is 13.2. The fourth-order valence-corrected chi connectivity index (χ4v) is 2.21. The van der Waals surface area contributed by atoms with E-state index in [0.717, 1.165) is 0 Å². The number of urea groups is 1. The molecule has 0 spiro atoms. The first-order chi connectivity index (χ1) is 11.5. The van der Waals surface area contributed by atoms with Crippen molar-refractivity contribution < 1.29 is 19.2 Å². The molecule has 1 aromatic carbocycles. The number of hydroxylamine groups is 2. The first kappa shape index (κ1) is 16.0. The second kappa shape index (κ2) is 6.69. The van der Waals surface area contributed by atoms with Crippen LogP contribution in [-0.2, 0) is 0 Å². The molecule has 3 N–H and O–H groups in total. The highest BCUT2D eigenvalue weighted by molar-refractivity contribution is 5.71. The van der Waals surface area contributed by atoms with Gasteiger partial charge >= 0.3 is 6.03 Å². The molecule has 1 aliphatic carbocycles. The zero-order valence-corrected chi connectivity index (χ0v) is 13.2. The van der Waals surface area contributed by atoms with Crippen LogP contribution in [0.2, 0.25) is 0 Å².